The van der Waals surface area contributed by atoms with E-state index in [1.54, 1.807) is 0 Å². The van der Waals surface area contributed by atoms with Gasteiger partial charge < -0.3 is 24.4 Å². The Kier molecular flexibility index (Phi) is 6.93. The first-order chi connectivity index (χ1) is 16.5. The van der Waals surface area contributed by atoms with Crippen molar-refractivity contribution in [3.8, 4) is 11.1 Å². The fourth-order valence-corrected chi connectivity index (χ4v) is 5.12. The van der Waals surface area contributed by atoms with E-state index in [1.165, 1.54) is 0 Å². The van der Waals surface area contributed by atoms with E-state index >= 15 is 0 Å². The molecular weight excluding hydrogens is 444 g/mol. The molecule has 2 aromatic carbocycles. The van der Waals surface area contributed by atoms with Crippen molar-refractivity contribution in [2.45, 2.75) is 66.3 Å². The number of hydrogen-bond donors (Lipinski definition) is 1. The van der Waals surface area contributed by atoms with Crippen LogP contribution in [0.15, 0.2) is 24.3 Å². The molecule has 1 atom stereocenters. The van der Waals surface area contributed by atoms with Gasteiger partial charge >= 0.3 is 12.0 Å². The maximum absolute atomic E-state index is 13.3. The minimum absolute atomic E-state index is 0.00228. The van der Waals surface area contributed by atoms with E-state index in [0.29, 0.717) is 45.0 Å². The molecule has 0 bridgehead atoms. The van der Waals surface area contributed by atoms with Gasteiger partial charge in [0.25, 0.3) is 0 Å². The lowest BCUT2D eigenvalue weighted by molar-refractivity contribution is -0.160. The molecule has 1 fully saturated rings. The normalized spacial score (nSPS) is 16.9. The Hall–Kier alpha value is -2.90. The Morgan fingerprint density at radius 1 is 0.943 bits per heavy atom. The zero-order chi connectivity index (χ0) is 25.5. The van der Waals surface area contributed by atoms with Gasteiger partial charge in [-0.3, -0.25) is 0 Å². The summed E-state index contributed by atoms with van der Waals surface area (Å²) in [6.07, 6.45) is -1.13. The van der Waals surface area contributed by atoms with Crippen molar-refractivity contribution in [3.05, 3.63) is 57.6 Å². The summed E-state index contributed by atoms with van der Waals surface area (Å²) >= 11 is 0. The molecule has 1 N–H and O–H groups in total. The van der Waals surface area contributed by atoms with Gasteiger partial charge in [0.2, 0.25) is 0 Å². The van der Waals surface area contributed by atoms with Crippen LogP contribution in [0.3, 0.4) is 0 Å². The fraction of sp³-hybridized carbons (Fsp3) is 0.500. The average molecular weight is 481 g/mol. The Morgan fingerprint density at radius 3 is 2.06 bits per heavy atom. The largest absolute Gasteiger partial charge is 0.479 e. The van der Waals surface area contributed by atoms with Crippen molar-refractivity contribution in [2.75, 3.05) is 26.3 Å². The molecule has 0 aromatic heterocycles. The Morgan fingerprint density at radius 2 is 1.51 bits per heavy atom. The number of aliphatic carboxylic acids is 1. The summed E-state index contributed by atoms with van der Waals surface area (Å²) in [6, 6.07) is 8.15. The summed E-state index contributed by atoms with van der Waals surface area (Å²) < 4.78 is 11.5. The van der Waals surface area contributed by atoms with Crippen molar-refractivity contribution in [1.29, 1.82) is 0 Å². The molecule has 4 rings (SSSR count). The van der Waals surface area contributed by atoms with Gasteiger partial charge in [-0.25, -0.2) is 9.59 Å². The molecule has 2 aliphatic rings. The number of carbonyl (C=O) groups excluding carboxylic acids is 1. The molecule has 2 amide bonds. The van der Waals surface area contributed by atoms with E-state index in [2.05, 4.69) is 0 Å². The highest BCUT2D eigenvalue weighted by Gasteiger charge is 2.37. The molecule has 2 heterocycles. The summed E-state index contributed by atoms with van der Waals surface area (Å²) in [4.78, 5) is 29.5. The highest BCUT2D eigenvalue weighted by molar-refractivity contribution is 5.85. The molecule has 188 valence electrons. The number of rotatable bonds is 4. The van der Waals surface area contributed by atoms with Gasteiger partial charge in [-0.05, 0) is 74.9 Å². The zero-order valence-corrected chi connectivity index (χ0v) is 21.6. The van der Waals surface area contributed by atoms with Crippen LogP contribution in [0.4, 0.5) is 4.79 Å². The van der Waals surface area contributed by atoms with E-state index in [0.717, 1.165) is 38.9 Å². The van der Waals surface area contributed by atoms with E-state index < -0.39 is 17.7 Å². The van der Waals surface area contributed by atoms with Crippen LogP contribution in [0.25, 0.3) is 11.1 Å². The number of fused-ring (bicyclic) bond motifs is 1. The maximum Gasteiger partial charge on any atom is 0.337 e. The van der Waals surface area contributed by atoms with Crippen LogP contribution in [0, 0.1) is 20.8 Å². The topological polar surface area (TPSA) is 79.3 Å². The number of carbonyl (C=O) groups is 2. The first-order valence-electron chi connectivity index (χ1n) is 12.2. The Labute approximate surface area is 207 Å². The standard InChI is InChI=1S/C28H36N2O5/c1-17-7-9-20(10-8-17)23-18(2)21-15-30(27(33)29-11-13-34-14-12-29)16-22(21)19(3)24(23)25(26(31)32)35-28(4,5)6/h7-10,25H,11-16H2,1-6H3,(H,31,32). The Bertz CT molecular complexity index is 1130. The smallest absolute Gasteiger partial charge is 0.337 e. The number of carboxylic acid groups (broad SMARTS) is 1. The third-order valence-corrected chi connectivity index (χ3v) is 6.87. The summed E-state index contributed by atoms with van der Waals surface area (Å²) in [6.45, 7) is 14.9. The third-order valence-electron chi connectivity index (χ3n) is 6.87. The number of hydrogen-bond acceptors (Lipinski definition) is 4. The monoisotopic (exact) mass is 480 g/mol. The van der Waals surface area contributed by atoms with Crippen LogP contribution in [-0.4, -0.2) is 58.8 Å². The van der Waals surface area contributed by atoms with Gasteiger partial charge in [-0.2, -0.15) is 0 Å². The molecule has 1 unspecified atom stereocenters. The number of ether oxygens (including phenoxy) is 2. The second-order valence-corrected chi connectivity index (χ2v) is 10.5. The number of nitrogens with zero attached hydrogens (tertiary/aromatic N) is 2. The lowest BCUT2D eigenvalue weighted by Crippen LogP contribution is -2.46. The van der Waals surface area contributed by atoms with Crippen LogP contribution in [0.2, 0.25) is 0 Å². The molecule has 7 nitrogen and oxygen atoms in total. The molecule has 35 heavy (non-hydrogen) atoms. The SMILES string of the molecule is Cc1ccc(-c2c(C)c3c(c(C)c2C(OC(C)(C)C)C(=O)O)CN(C(=O)N2CCOCC2)C3)cc1. The summed E-state index contributed by atoms with van der Waals surface area (Å²) in [5.74, 6) is -1.02. The van der Waals surface area contributed by atoms with Crippen LogP contribution in [0.1, 0.15) is 60.3 Å². The lowest BCUT2D eigenvalue weighted by Gasteiger charge is -2.30. The maximum atomic E-state index is 13.3. The van der Waals surface area contributed by atoms with Gasteiger partial charge in [0, 0.05) is 31.7 Å². The third kappa shape index (κ3) is 5.07. The molecular formula is C28H36N2O5. The predicted molar refractivity (Wildman–Crippen MR) is 134 cm³/mol. The van der Waals surface area contributed by atoms with Gasteiger partial charge in [0.05, 0.1) is 18.8 Å². The molecule has 0 saturated carbocycles. The van der Waals surface area contributed by atoms with Gasteiger partial charge in [-0.1, -0.05) is 29.8 Å². The zero-order valence-electron chi connectivity index (χ0n) is 21.6. The fourth-order valence-electron chi connectivity index (χ4n) is 5.12. The van der Waals surface area contributed by atoms with E-state index in [4.69, 9.17) is 9.47 Å². The van der Waals surface area contributed by atoms with Gasteiger partial charge in [-0.15, -0.1) is 0 Å². The minimum atomic E-state index is -1.13. The number of urea groups is 1. The molecule has 2 aromatic rings. The van der Waals surface area contributed by atoms with Crippen molar-refractivity contribution >= 4 is 12.0 Å². The van der Waals surface area contributed by atoms with Gasteiger partial charge in [0.1, 0.15) is 0 Å². The van der Waals surface area contributed by atoms with Crippen LogP contribution >= 0.6 is 0 Å². The van der Waals surface area contributed by atoms with Crippen LogP contribution in [0.5, 0.6) is 0 Å². The molecule has 1 saturated heterocycles. The van der Waals surface area contributed by atoms with Gasteiger partial charge in [0.15, 0.2) is 6.10 Å². The summed E-state index contributed by atoms with van der Waals surface area (Å²) in [7, 11) is 0. The number of morpholine rings is 1. The Balaban J connectivity index is 1.85. The second kappa shape index (κ2) is 9.63. The lowest BCUT2D eigenvalue weighted by atomic mass is 9.83. The quantitative estimate of drug-likeness (QED) is 0.667. The highest BCUT2D eigenvalue weighted by atomic mass is 16.5. The number of carboxylic acids is 1. The first kappa shape index (κ1) is 25.2. The van der Waals surface area contributed by atoms with Crippen molar-refractivity contribution in [3.63, 3.8) is 0 Å². The second-order valence-electron chi connectivity index (χ2n) is 10.5. The van der Waals surface area contributed by atoms with E-state index in [9.17, 15) is 14.7 Å². The number of amides is 2. The number of benzene rings is 2. The predicted octanol–water partition coefficient (Wildman–Crippen LogP) is 4.99. The average Bonchev–Trinajstić information content (AvgIpc) is 3.26. The molecule has 2 aliphatic heterocycles. The highest BCUT2D eigenvalue weighted by Crippen LogP contribution is 2.43. The molecule has 0 aliphatic carbocycles. The van der Waals surface area contributed by atoms with E-state index in [-0.39, 0.29) is 6.03 Å². The van der Waals surface area contributed by atoms with Crippen molar-refractivity contribution < 1.29 is 24.2 Å². The van der Waals surface area contributed by atoms with Crippen LogP contribution < -0.4 is 0 Å². The summed E-state index contributed by atoms with van der Waals surface area (Å²) in [5, 5.41) is 10.3. The molecule has 7 heteroatoms. The molecule has 0 radical (unpaired) electrons. The number of aryl methyl sites for hydroxylation is 1. The van der Waals surface area contributed by atoms with E-state index in [1.807, 2.05) is 75.6 Å². The van der Waals surface area contributed by atoms with Crippen LogP contribution in [-0.2, 0) is 27.4 Å². The summed E-state index contributed by atoms with van der Waals surface area (Å²) in [5.41, 5.74) is 7.02. The van der Waals surface area contributed by atoms with Crippen molar-refractivity contribution in [2.24, 2.45) is 0 Å². The van der Waals surface area contributed by atoms with Crippen molar-refractivity contribution in [1.82, 2.24) is 9.80 Å². The molecule has 0 spiro atoms. The minimum Gasteiger partial charge on any atom is -0.479 e. The first-order valence-corrected chi connectivity index (χ1v) is 12.2.